The molecule has 0 saturated carbocycles. The van der Waals surface area contributed by atoms with Gasteiger partial charge in [0.05, 0.1) is 5.69 Å². The number of rotatable bonds is 1. The Labute approximate surface area is 95.4 Å². The lowest BCUT2D eigenvalue weighted by molar-refractivity contribution is 1.08. The van der Waals surface area contributed by atoms with Crippen LogP contribution in [-0.4, -0.2) is 9.97 Å². The SMILES string of the molecule is O=c1nccc(-c2csc3ccccc23)[nH]1. The first-order chi connectivity index (χ1) is 7.84. The molecule has 2 heterocycles. The molecule has 0 saturated heterocycles. The summed E-state index contributed by atoms with van der Waals surface area (Å²) in [6.07, 6.45) is 1.53. The normalized spacial score (nSPS) is 10.8. The van der Waals surface area contributed by atoms with Crippen LogP contribution in [0.1, 0.15) is 0 Å². The number of H-pyrrole nitrogens is 1. The minimum atomic E-state index is -0.312. The summed E-state index contributed by atoms with van der Waals surface area (Å²) in [5.74, 6) is 0. The molecule has 0 unspecified atom stereocenters. The zero-order valence-corrected chi connectivity index (χ0v) is 9.12. The second-order valence-electron chi connectivity index (χ2n) is 3.43. The fourth-order valence-corrected chi connectivity index (χ4v) is 2.67. The van der Waals surface area contributed by atoms with Gasteiger partial charge in [-0.2, -0.15) is 0 Å². The topological polar surface area (TPSA) is 45.8 Å². The predicted octanol–water partition coefficient (Wildman–Crippen LogP) is 2.65. The van der Waals surface area contributed by atoms with E-state index in [4.69, 9.17) is 0 Å². The van der Waals surface area contributed by atoms with E-state index in [1.807, 2.05) is 18.2 Å². The number of fused-ring (bicyclic) bond motifs is 1. The van der Waals surface area contributed by atoms with Crippen LogP contribution in [0.2, 0.25) is 0 Å². The molecule has 4 heteroatoms. The van der Waals surface area contributed by atoms with Crippen LogP contribution in [0.5, 0.6) is 0 Å². The van der Waals surface area contributed by atoms with Crippen LogP contribution < -0.4 is 5.69 Å². The first-order valence-corrected chi connectivity index (χ1v) is 5.74. The van der Waals surface area contributed by atoms with Crippen LogP contribution in [0, 0.1) is 0 Å². The Kier molecular flexibility index (Phi) is 2.08. The summed E-state index contributed by atoms with van der Waals surface area (Å²) in [7, 11) is 0. The Bertz CT molecular complexity index is 699. The van der Waals surface area contributed by atoms with Crippen LogP contribution in [-0.2, 0) is 0 Å². The van der Waals surface area contributed by atoms with Gasteiger partial charge in [0.15, 0.2) is 0 Å². The van der Waals surface area contributed by atoms with Crippen molar-refractivity contribution in [3.63, 3.8) is 0 Å². The van der Waals surface area contributed by atoms with E-state index in [0.29, 0.717) is 0 Å². The number of thiophene rings is 1. The Morgan fingerprint density at radius 3 is 2.94 bits per heavy atom. The first-order valence-electron chi connectivity index (χ1n) is 4.86. The van der Waals surface area contributed by atoms with Gasteiger partial charge in [-0.05, 0) is 12.1 Å². The molecule has 0 aliphatic heterocycles. The van der Waals surface area contributed by atoms with Gasteiger partial charge in [-0.15, -0.1) is 11.3 Å². The molecule has 1 aromatic carbocycles. The third-order valence-corrected chi connectivity index (χ3v) is 3.41. The maximum atomic E-state index is 11.2. The molecule has 0 atom stereocenters. The average molecular weight is 228 g/mol. The van der Waals surface area contributed by atoms with Crippen molar-refractivity contribution in [3.8, 4) is 11.3 Å². The molecule has 2 aromatic heterocycles. The van der Waals surface area contributed by atoms with Gasteiger partial charge in [0.2, 0.25) is 0 Å². The van der Waals surface area contributed by atoms with Crippen LogP contribution in [0.4, 0.5) is 0 Å². The van der Waals surface area contributed by atoms with Crippen LogP contribution in [0.3, 0.4) is 0 Å². The average Bonchev–Trinajstić information content (AvgIpc) is 2.72. The predicted molar refractivity (Wildman–Crippen MR) is 65.7 cm³/mol. The van der Waals surface area contributed by atoms with Gasteiger partial charge >= 0.3 is 5.69 Å². The third kappa shape index (κ3) is 1.44. The van der Waals surface area contributed by atoms with Crippen LogP contribution >= 0.6 is 11.3 Å². The number of benzene rings is 1. The number of aromatic nitrogens is 2. The van der Waals surface area contributed by atoms with E-state index in [0.717, 1.165) is 16.6 Å². The minimum Gasteiger partial charge on any atom is -0.305 e. The molecule has 0 aliphatic rings. The molecular weight excluding hydrogens is 220 g/mol. The standard InChI is InChI=1S/C12H8N2OS/c15-12-13-6-5-10(14-12)9-7-16-11-4-2-1-3-8(9)11/h1-7H,(H,13,14,15). The summed E-state index contributed by atoms with van der Waals surface area (Å²) in [5, 5.41) is 3.21. The molecule has 1 N–H and O–H groups in total. The zero-order valence-electron chi connectivity index (χ0n) is 8.31. The highest BCUT2D eigenvalue weighted by molar-refractivity contribution is 7.17. The molecule has 0 spiro atoms. The smallest absolute Gasteiger partial charge is 0.305 e. The van der Waals surface area contributed by atoms with Gasteiger partial charge in [-0.25, -0.2) is 9.78 Å². The van der Waals surface area contributed by atoms with Crippen molar-refractivity contribution in [3.05, 3.63) is 52.4 Å². The Morgan fingerprint density at radius 1 is 1.19 bits per heavy atom. The molecule has 0 aliphatic carbocycles. The van der Waals surface area contributed by atoms with Crippen molar-refractivity contribution in [1.82, 2.24) is 9.97 Å². The highest BCUT2D eigenvalue weighted by atomic mass is 32.1. The van der Waals surface area contributed by atoms with Crippen LogP contribution in [0.25, 0.3) is 21.3 Å². The number of nitrogens with zero attached hydrogens (tertiary/aromatic N) is 1. The molecule has 0 radical (unpaired) electrons. The Hall–Kier alpha value is -1.94. The molecule has 3 rings (SSSR count). The van der Waals surface area contributed by atoms with Crippen molar-refractivity contribution in [2.24, 2.45) is 0 Å². The summed E-state index contributed by atoms with van der Waals surface area (Å²) >= 11 is 1.67. The van der Waals surface area contributed by atoms with E-state index >= 15 is 0 Å². The van der Waals surface area contributed by atoms with Crippen LogP contribution in [0.15, 0.2) is 46.7 Å². The Balaban J connectivity index is 2.30. The zero-order chi connectivity index (χ0) is 11.0. The summed E-state index contributed by atoms with van der Waals surface area (Å²) in [6, 6.07) is 9.95. The van der Waals surface area contributed by atoms with Crippen molar-refractivity contribution in [2.75, 3.05) is 0 Å². The molecule has 3 aromatic rings. The fraction of sp³-hybridized carbons (Fsp3) is 0. The maximum absolute atomic E-state index is 11.2. The van der Waals surface area contributed by atoms with Gasteiger partial charge in [-0.1, -0.05) is 18.2 Å². The van der Waals surface area contributed by atoms with E-state index in [1.165, 1.54) is 10.9 Å². The summed E-state index contributed by atoms with van der Waals surface area (Å²) in [5.41, 5.74) is 1.56. The number of aromatic amines is 1. The summed E-state index contributed by atoms with van der Waals surface area (Å²) < 4.78 is 1.22. The second-order valence-corrected chi connectivity index (χ2v) is 4.35. The van der Waals surface area contributed by atoms with Crippen molar-refractivity contribution < 1.29 is 0 Å². The van der Waals surface area contributed by atoms with Crippen molar-refractivity contribution in [1.29, 1.82) is 0 Å². The lowest BCUT2D eigenvalue weighted by Gasteiger charge is -1.98. The van der Waals surface area contributed by atoms with Crippen molar-refractivity contribution >= 4 is 21.4 Å². The molecular formula is C12H8N2OS. The monoisotopic (exact) mass is 228 g/mol. The number of nitrogens with one attached hydrogen (secondary N) is 1. The van der Waals surface area contributed by atoms with Gasteiger partial charge in [-0.3, -0.25) is 0 Å². The van der Waals surface area contributed by atoms with E-state index < -0.39 is 0 Å². The van der Waals surface area contributed by atoms with E-state index in [2.05, 4.69) is 27.5 Å². The van der Waals surface area contributed by atoms with Gasteiger partial charge in [0.25, 0.3) is 0 Å². The lowest BCUT2D eigenvalue weighted by atomic mass is 10.1. The summed E-state index contributed by atoms with van der Waals surface area (Å²) in [4.78, 5) is 17.5. The minimum absolute atomic E-state index is 0.312. The maximum Gasteiger partial charge on any atom is 0.345 e. The highest BCUT2D eigenvalue weighted by Crippen LogP contribution is 2.31. The molecule has 0 amide bonds. The molecule has 0 fully saturated rings. The quantitative estimate of drug-likeness (QED) is 0.696. The molecule has 0 bridgehead atoms. The van der Waals surface area contributed by atoms with Gasteiger partial charge in [0.1, 0.15) is 0 Å². The lowest BCUT2D eigenvalue weighted by Crippen LogP contribution is -2.08. The largest absolute Gasteiger partial charge is 0.345 e. The number of hydrogen-bond donors (Lipinski definition) is 1. The molecule has 78 valence electrons. The van der Waals surface area contributed by atoms with E-state index in [1.54, 1.807) is 11.3 Å². The third-order valence-electron chi connectivity index (χ3n) is 2.45. The van der Waals surface area contributed by atoms with E-state index in [-0.39, 0.29) is 5.69 Å². The molecule has 16 heavy (non-hydrogen) atoms. The second kappa shape index (κ2) is 3.57. The van der Waals surface area contributed by atoms with E-state index in [9.17, 15) is 4.79 Å². The highest BCUT2D eigenvalue weighted by Gasteiger charge is 2.05. The first kappa shape index (κ1) is 9.30. The fourth-order valence-electron chi connectivity index (χ4n) is 1.71. The number of hydrogen-bond acceptors (Lipinski definition) is 3. The van der Waals surface area contributed by atoms with Crippen molar-refractivity contribution in [2.45, 2.75) is 0 Å². The Morgan fingerprint density at radius 2 is 2.06 bits per heavy atom. The van der Waals surface area contributed by atoms with Gasteiger partial charge in [0, 0.05) is 27.2 Å². The summed E-state index contributed by atoms with van der Waals surface area (Å²) in [6.45, 7) is 0. The molecule has 3 nitrogen and oxygen atoms in total. The van der Waals surface area contributed by atoms with Gasteiger partial charge < -0.3 is 4.98 Å².